The minimum absolute atomic E-state index is 0.0929. The fraction of sp³-hybridized carbons (Fsp3) is 0.727. The van der Waals surface area contributed by atoms with Crippen LogP contribution in [0.5, 0.6) is 0 Å². The Balaban J connectivity index is 5.74. The molecule has 0 aliphatic rings. The Kier molecular flexibility index (Phi) is 4.56. The van der Waals surface area contributed by atoms with E-state index in [2.05, 4.69) is 4.99 Å². The summed E-state index contributed by atoms with van der Waals surface area (Å²) >= 11 is 0. The van der Waals surface area contributed by atoms with Crippen molar-refractivity contribution in [3.63, 3.8) is 0 Å². The third-order valence-electron chi connectivity index (χ3n) is 4.10. The molecule has 0 fully saturated rings. The van der Waals surface area contributed by atoms with Gasteiger partial charge in [0, 0.05) is 12.0 Å². The fourth-order valence-corrected chi connectivity index (χ4v) is 1.74. The van der Waals surface area contributed by atoms with Gasteiger partial charge in [-0.15, -0.1) is 0 Å². The quantitative estimate of drug-likeness (QED) is 0.267. The van der Waals surface area contributed by atoms with Crippen molar-refractivity contribution >= 4 is 17.8 Å². The van der Waals surface area contributed by atoms with E-state index in [1.54, 1.807) is 27.7 Å². The second-order valence-corrected chi connectivity index (χ2v) is 5.78. The van der Waals surface area contributed by atoms with Gasteiger partial charge in [-0.1, -0.05) is 27.7 Å². The van der Waals surface area contributed by atoms with Gasteiger partial charge in [-0.3, -0.25) is 10.4 Å². The molecule has 10 N–H and O–H groups in total. The second kappa shape index (κ2) is 5.04. The van der Waals surface area contributed by atoms with E-state index in [-0.39, 0.29) is 12.5 Å². The lowest BCUT2D eigenvalue weighted by Crippen LogP contribution is -2.70. The number of aliphatic imine (C=N–C) groups is 1. The molecule has 0 aromatic rings. The monoisotopic (exact) mass is 272 g/mol. The molecular formula is C11H24N6O2. The number of carbonyl (C=O) groups is 1. The van der Waals surface area contributed by atoms with Crippen LogP contribution < -0.4 is 22.9 Å². The maximum atomic E-state index is 11.5. The first-order valence-electron chi connectivity index (χ1n) is 5.73. The molecule has 1 unspecified atom stereocenters. The molecule has 0 aliphatic heterocycles. The van der Waals surface area contributed by atoms with E-state index < -0.39 is 28.2 Å². The predicted octanol–water partition coefficient (Wildman–Crippen LogP) is -0.970. The van der Waals surface area contributed by atoms with E-state index in [0.29, 0.717) is 0 Å². The molecule has 0 rings (SSSR count). The normalized spacial score (nSPS) is 15.4. The first kappa shape index (κ1) is 17.2. The number of aliphatic carboxylic acids is 1. The molecule has 8 nitrogen and oxygen atoms in total. The topological polar surface area (TPSA) is 178 Å². The van der Waals surface area contributed by atoms with Crippen molar-refractivity contribution in [2.75, 3.05) is 6.54 Å². The molecule has 0 aromatic heterocycles. The third-order valence-corrected chi connectivity index (χ3v) is 4.10. The van der Waals surface area contributed by atoms with Crippen LogP contribution in [-0.2, 0) is 4.79 Å². The summed E-state index contributed by atoms with van der Waals surface area (Å²) in [5.41, 5.74) is 18.1. The van der Waals surface area contributed by atoms with Gasteiger partial charge in [-0.05, 0) is 5.41 Å². The van der Waals surface area contributed by atoms with Gasteiger partial charge in [-0.2, -0.15) is 0 Å². The molecule has 19 heavy (non-hydrogen) atoms. The number of amidine groups is 1. The minimum Gasteiger partial charge on any atom is -0.480 e. The molecule has 0 aromatic carbocycles. The van der Waals surface area contributed by atoms with Crippen LogP contribution in [0.15, 0.2) is 4.99 Å². The van der Waals surface area contributed by atoms with E-state index in [9.17, 15) is 9.90 Å². The molecule has 0 saturated heterocycles. The van der Waals surface area contributed by atoms with Crippen molar-refractivity contribution in [2.45, 2.75) is 33.2 Å². The highest BCUT2D eigenvalue weighted by Crippen LogP contribution is 2.46. The van der Waals surface area contributed by atoms with E-state index in [4.69, 9.17) is 28.3 Å². The van der Waals surface area contributed by atoms with E-state index in [1.165, 1.54) is 0 Å². The Bertz CT molecular complexity index is 395. The zero-order chi connectivity index (χ0) is 15.6. The summed E-state index contributed by atoms with van der Waals surface area (Å²) in [7, 11) is 0. The van der Waals surface area contributed by atoms with E-state index in [1.807, 2.05) is 0 Å². The summed E-state index contributed by atoms with van der Waals surface area (Å²) in [4.78, 5) is 15.4. The summed E-state index contributed by atoms with van der Waals surface area (Å²) in [6.07, 6.45) is 0. The molecule has 0 aliphatic carbocycles. The van der Waals surface area contributed by atoms with Gasteiger partial charge in [0.25, 0.3) is 0 Å². The first-order valence-corrected chi connectivity index (χ1v) is 5.73. The standard InChI is InChI=1S/C11H24N6O2/c1-9(2,5-17-8(14)15)10(3,4)11(16,6(12)13)7(18)19/h5,16H2,1-4H3,(H3,12,13)(H,18,19)(H4,14,15,17). The SMILES string of the molecule is CC(C)(CN=C(N)N)C(C)(C)C(N)(C(=N)N)C(=O)O. The Morgan fingerprint density at radius 1 is 1.21 bits per heavy atom. The number of nitrogens with zero attached hydrogens (tertiary/aromatic N) is 1. The van der Waals surface area contributed by atoms with Gasteiger partial charge in [0.15, 0.2) is 11.5 Å². The van der Waals surface area contributed by atoms with E-state index in [0.717, 1.165) is 0 Å². The van der Waals surface area contributed by atoms with Crippen molar-refractivity contribution in [2.24, 2.45) is 38.8 Å². The summed E-state index contributed by atoms with van der Waals surface area (Å²) in [6, 6.07) is 0. The molecule has 0 saturated carbocycles. The van der Waals surface area contributed by atoms with E-state index >= 15 is 0 Å². The van der Waals surface area contributed by atoms with Crippen LogP contribution in [0.25, 0.3) is 0 Å². The van der Waals surface area contributed by atoms with Crippen molar-refractivity contribution < 1.29 is 9.90 Å². The molecule has 8 heteroatoms. The number of hydrogen-bond acceptors (Lipinski definition) is 4. The van der Waals surface area contributed by atoms with Crippen LogP contribution in [0.4, 0.5) is 0 Å². The largest absolute Gasteiger partial charge is 0.480 e. The molecular weight excluding hydrogens is 248 g/mol. The van der Waals surface area contributed by atoms with Crippen LogP contribution >= 0.6 is 0 Å². The molecule has 1 atom stereocenters. The minimum atomic E-state index is -2.00. The van der Waals surface area contributed by atoms with Crippen molar-refractivity contribution in [3.05, 3.63) is 0 Å². The van der Waals surface area contributed by atoms with Crippen molar-refractivity contribution in [1.82, 2.24) is 0 Å². The van der Waals surface area contributed by atoms with Gasteiger partial charge in [0.1, 0.15) is 5.84 Å². The van der Waals surface area contributed by atoms with Gasteiger partial charge >= 0.3 is 5.97 Å². The van der Waals surface area contributed by atoms with Crippen LogP contribution in [-0.4, -0.2) is 35.0 Å². The molecule has 0 spiro atoms. The third kappa shape index (κ3) is 2.78. The summed E-state index contributed by atoms with van der Waals surface area (Å²) in [5, 5.41) is 16.9. The Hall–Kier alpha value is -1.83. The number of carboxylic acid groups (broad SMARTS) is 1. The molecule has 0 amide bonds. The Labute approximate surface area is 112 Å². The molecule has 0 radical (unpaired) electrons. The average Bonchev–Trinajstić information content (AvgIpc) is 2.24. The lowest BCUT2D eigenvalue weighted by atomic mass is 9.57. The number of rotatable bonds is 6. The highest BCUT2D eigenvalue weighted by molar-refractivity contribution is 6.08. The van der Waals surface area contributed by atoms with Gasteiger partial charge < -0.3 is 28.0 Å². The maximum Gasteiger partial charge on any atom is 0.332 e. The van der Waals surface area contributed by atoms with Crippen molar-refractivity contribution in [1.29, 1.82) is 5.41 Å². The van der Waals surface area contributed by atoms with Gasteiger partial charge in [0.05, 0.1) is 0 Å². The highest BCUT2D eigenvalue weighted by Gasteiger charge is 2.58. The molecule has 110 valence electrons. The van der Waals surface area contributed by atoms with Crippen LogP contribution in [0.1, 0.15) is 27.7 Å². The highest BCUT2D eigenvalue weighted by atomic mass is 16.4. The van der Waals surface area contributed by atoms with Gasteiger partial charge in [-0.25, -0.2) is 4.79 Å². The lowest BCUT2D eigenvalue weighted by molar-refractivity contribution is -0.147. The average molecular weight is 272 g/mol. The van der Waals surface area contributed by atoms with Gasteiger partial charge in [0.2, 0.25) is 0 Å². The van der Waals surface area contributed by atoms with Crippen LogP contribution in [0.3, 0.4) is 0 Å². The molecule has 0 bridgehead atoms. The first-order chi connectivity index (χ1) is 8.30. The maximum absolute atomic E-state index is 11.5. The number of nitrogens with one attached hydrogen (secondary N) is 1. The zero-order valence-corrected chi connectivity index (χ0v) is 11.8. The fourth-order valence-electron chi connectivity index (χ4n) is 1.74. The Morgan fingerprint density at radius 3 is 1.89 bits per heavy atom. The number of hydrogen-bond donors (Lipinski definition) is 6. The van der Waals surface area contributed by atoms with Crippen LogP contribution in [0, 0.1) is 16.2 Å². The Morgan fingerprint density at radius 2 is 1.63 bits per heavy atom. The zero-order valence-electron chi connectivity index (χ0n) is 11.8. The lowest BCUT2D eigenvalue weighted by Gasteiger charge is -2.49. The van der Waals surface area contributed by atoms with Crippen LogP contribution in [0.2, 0.25) is 0 Å². The summed E-state index contributed by atoms with van der Waals surface area (Å²) in [5.74, 6) is -2.06. The summed E-state index contributed by atoms with van der Waals surface area (Å²) in [6.45, 7) is 6.97. The number of guanidine groups is 1. The smallest absolute Gasteiger partial charge is 0.332 e. The summed E-state index contributed by atoms with van der Waals surface area (Å²) < 4.78 is 0. The number of carboxylic acids is 1. The second-order valence-electron chi connectivity index (χ2n) is 5.78. The predicted molar refractivity (Wildman–Crippen MR) is 74.7 cm³/mol. The molecule has 0 heterocycles. The van der Waals surface area contributed by atoms with Crippen molar-refractivity contribution in [3.8, 4) is 0 Å². The number of nitrogens with two attached hydrogens (primary N) is 4.